The molecule has 2 aromatic carbocycles. The molecule has 138 valence electrons. The Kier molecular flexibility index (Phi) is 6.80. The maximum Gasteiger partial charge on any atom is 0.257 e. The van der Waals surface area contributed by atoms with Crippen LogP contribution in [0.15, 0.2) is 42.5 Å². The Morgan fingerprint density at radius 2 is 1.65 bits per heavy atom. The lowest BCUT2D eigenvalue weighted by Crippen LogP contribution is -2.34. The van der Waals surface area contributed by atoms with Crippen molar-refractivity contribution in [1.29, 1.82) is 0 Å². The molecule has 2 aromatic rings. The minimum Gasteiger partial charge on any atom is -0.497 e. The molecule has 0 heterocycles. The van der Waals surface area contributed by atoms with Gasteiger partial charge in [-0.3, -0.25) is 10.1 Å². The first-order valence-corrected chi connectivity index (χ1v) is 8.45. The van der Waals surface area contributed by atoms with Crippen molar-refractivity contribution in [2.24, 2.45) is 0 Å². The summed E-state index contributed by atoms with van der Waals surface area (Å²) in [5.41, 5.74) is 1.10. The zero-order valence-electron chi connectivity index (χ0n) is 15.2. The summed E-state index contributed by atoms with van der Waals surface area (Å²) in [5.74, 6) is 1.61. The molecule has 26 heavy (non-hydrogen) atoms. The standard InChI is InChI=1S/C19H22N2O4S/c1-12(2)25-14-7-5-13(6-8-14)18(22)21-19(26)20-16-10-9-15(23-3)11-17(16)24-4/h5-12H,1-4H3,(H2,20,21,22,26). The normalized spacial score (nSPS) is 10.2. The number of methoxy groups -OCH3 is 2. The Bertz CT molecular complexity index is 776. The largest absolute Gasteiger partial charge is 0.497 e. The van der Waals surface area contributed by atoms with Crippen molar-refractivity contribution in [3.8, 4) is 17.2 Å². The lowest BCUT2D eigenvalue weighted by atomic mass is 10.2. The van der Waals surface area contributed by atoms with Gasteiger partial charge < -0.3 is 19.5 Å². The summed E-state index contributed by atoms with van der Waals surface area (Å²) in [7, 11) is 3.12. The Labute approximate surface area is 158 Å². The number of carbonyl (C=O) groups excluding carboxylic acids is 1. The fourth-order valence-corrected chi connectivity index (χ4v) is 2.39. The molecule has 0 unspecified atom stereocenters. The second kappa shape index (κ2) is 9.05. The van der Waals surface area contributed by atoms with E-state index in [1.165, 1.54) is 0 Å². The minimum absolute atomic E-state index is 0.0749. The van der Waals surface area contributed by atoms with Gasteiger partial charge >= 0.3 is 0 Å². The lowest BCUT2D eigenvalue weighted by Gasteiger charge is -2.14. The Morgan fingerprint density at radius 3 is 2.23 bits per heavy atom. The molecular formula is C19H22N2O4S. The summed E-state index contributed by atoms with van der Waals surface area (Å²) in [6.07, 6.45) is 0.0749. The monoisotopic (exact) mass is 374 g/mol. The number of rotatable bonds is 6. The van der Waals surface area contributed by atoms with Crippen LogP contribution in [0.4, 0.5) is 5.69 Å². The number of nitrogens with one attached hydrogen (secondary N) is 2. The second-order valence-electron chi connectivity index (χ2n) is 5.67. The molecule has 0 aliphatic heterocycles. The average molecular weight is 374 g/mol. The zero-order valence-corrected chi connectivity index (χ0v) is 16.0. The topological polar surface area (TPSA) is 68.8 Å². The van der Waals surface area contributed by atoms with Crippen molar-refractivity contribution in [2.75, 3.05) is 19.5 Å². The summed E-state index contributed by atoms with van der Waals surface area (Å²) < 4.78 is 16.0. The first-order valence-electron chi connectivity index (χ1n) is 8.04. The predicted molar refractivity (Wildman–Crippen MR) is 105 cm³/mol. The van der Waals surface area contributed by atoms with Gasteiger partial charge in [0, 0.05) is 11.6 Å². The number of ether oxygens (including phenoxy) is 3. The fraction of sp³-hybridized carbons (Fsp3) is 0.263. The molecule has 7 heteroatoms. The van der Waals surface area contributed by atoms with Crippen LogP contribution in [0.3, 0.4) is 0 Å². The van der Waals surface area contributed by atoms with E-state index >= 15 is 0 Å². The van der Waals surface area contributed by atoms with Crippen LogP contribution in [0, 0.1) is 0 Å². The highest BCUT2D eigenvalue weighted by molar-refractivity contribution is 7.80. The van der Waals surface area contributed by atoms with Gasteiger partial charge in [0.2, 0.25) is 0 Å². The van der Waals surface area contributed by atoms with Crippen molar-refractivity contribution in [1.82, 2.24) is 5.32 Å². The molecular weight excluding hydrogens is 352 g/mol. The number of hydrogen-bond donors (Lipinski definition) is 2. The van der Waals surface area contributed by atoms with E-state index < -0.39 is 0 Å². The van der Waals surface area contributed by atoms with Gasteiger partial charge in [0.25, 0.3) is 5.91 Å². The molecule has 0 fully saturated rings. The van der Waals surface area contributed by atoms with Gasteiger partial charge in [-0.2, -0.15) is 0 Å². The number of carbonyl (C=O) groups is 1. The van der Waals surface area contributed by atoms with Crippen LogP contribution in [0.2, 0.25) is 0 Å². The van der Waals surface area contributed by atoms with Gasteiger partial charge in [0.1, 0.15) is 17.2 Å². The van der Waals surface area contributed by atoms with Crippen molar-refractivity contribution in [3.05, 3.63) is 48.0 Å². The Balaban J connectivity index is 2.00. The molecule has 0 radical (unpaired) electrons. The minimum atomic E-state index is -0.314. The zero-order chi connectivity index (χ0) is 19.1. The summed E-state index contributed by atoms with van der Waals surface area (Å²) in [6, 6.07) is 12.1. The third-order valence-electron chi connectivity index (χ3n) is 3.37. The van der Waals surface area contributed by atoms with Crippen LogP contribution >= 0.6 is 12.2 Å². The predicted octanol–water partition coefficient (Wildman–Crippen LogP) is 3.62. The van der Waals surface area contributed by atoms with E-state index in [-0.39, 0.29) is 17.1 Å². The van der Waals surface area contributed by atoms with Gasteiger partial charge in [-0.25, -0.2) is 0 Å². The van der Waals surface area contributed by atoms with Crippen LogP contribution in [0.1, 0.15) is 24.2 Å². The summed E-state index contributed by atoms with van der Waals surface area (Å²) in [6.45, 7) is 3.89. The van der Waals surface area contributed by atoms with E-state index in [0.29, 0.717) is 28.5 Å². The number of hydrogen-bond acceptors (Lipinski definition) is 5. The Morgan fingerprint density at radius 1 is 1.00 bits per heavy atom. The summed E-state index contributed by atoms with van der Waals surface area (Å²) in [4.78, 5) is 12.3. The maximum absolute atomic E-state index is 12.3. The molecule has 0 bridgehead atoms. The van der Waals surface area contributed by atoms with E-state index in [0.717, 1.165) is 0 Å². The van der Waals surface area contributed by atoms with Gasteiger partial charge in [-0.15, -0.1) is 0 Å². The number of thiocarbonyl (C=S) groups is 1. The number of benzene rings is 2. The number of amides is 1. The van der Waals surface area contributed by atoms with Crippen LogP contribution in [0.5, 0.6) is 17.2 Å². The van der Waals surface area contributed by atoms with Crippen LogP contribution in [-0.2, 0) is 0 Å². The van der Waals surface area contributed by atoms with Crippen molar-refractivity contribution in [3.63, 3.8) is 0 Å². The highest BCUT2D eigenvalue weighted by Gasteiger charge is 2.11. The summed E-state index contributed by atoms with van der Waals surface area (Å²) in [5, 5.41) is 5.75. The van der Waals surface area contributed by atoms with E-state index in [9.17, 15) is 4.79 Å². The van der Waals surface area contributed by atoms with E-state index in [1.807, 2.05) is 13.8 Å². The van der Waals surface area contributed by atoms with E-state index in [2.05, 4.69) is 10.6 Å². The van der Waals surface area contributed by atoms with E-state index in [1.54, 1.807) is 56.7 Å². The third kappa shape index (κ3) is 5.35. The van der Waals surface area contributed by atoms with Crippen molar-refractivity contribution in [2.45, 2.75) is 20.0 Å². The van der Waals surface area contributed by atoms with Gasteiger partial charge in [0.05, 0.1) is 26.0 Å². The molecule has 0 aliphatic carbocycles. The Hall–Kier alpha value is -2.80. The molecule has 0 saturated carbocycles. The first-order chi connectivity index (χ1) is 12.4. The molecule has 2 N–H and O–H groups in total. The maximum atomic E-state index is 12.3. The van der Waals surface area contributed by atoms with Crippen molar-refractivity contribution < 1.29 is 19.0 Å². The van der Waals surface area contributed by atoms with Crippen LogP contribution < -0.4 is 24.8 Å². The average Bonchev–Trinajstić information content (AvgIpc) is 2.62. The molecule has 0 spiro atoms. The van der Waals surface area contributed by atoms with Gasteiger partial charge in [-0.1, -0.05) is 0 Å². The molecule has 0 atom stereocenters. The molecule has 1 amide bonds. The quantitative estimate of drug-likeness (QED) is 0.753. The summed E-state index contributed by atoms with van der Waals surface area (Å²) >= 11 is 5.21. The molecule has 0 aliphatic rings. The molecule has 6 nitrogen and oxygen atoms in total. The highest BCUT2D eigenvalue weighted by atomic mass is 32.1. The lowest BCUT2D eigenvalue weighted by molar-refractivity contribution is 0.0977. The SMILES string of the molecule is COc1ccc(NC(=S)NC(=O)c2ccc(OC(C)C)cc2)c(OC)c1. The molecule has 0 aromatic heterocycles. The van der Waals surface area contributed by atoms with Gasteiger partial charge in [0.15, 0.2) is 5.11 Å². The fourth-order valence-electron chi connectivity index (χ4n) is 2.19. The smallest absolute Gasteiger partial charge is 0.257 e. The van der Waals surface area contributed by atoms with Crippen LogP contribution in [0.25, 0.3) is 0 Å². The van der Waals surface area contributed by atoms with Gasteiger partial charge in [-0.05, 0) is 62.5 Å². The number of anilines is 1. The highest BCUT2D eigenvalue weighted by Crippen LogP contribution is 2.28. The third-order valence-corrected chi connectivity index (χ3v) is 3.58. The van der Waals surface area contributed by atoms with Crippen molar-refractivity contribution >= 4 is 28.9 Å². The van der Waals surface area contributed by atoms with E-state index in [4.69, 9.17) is 26.4 Å². The second-order valence-corrected chi connectivity index (χ2v) is 6.07. The molecule has 0 saturated heterocycles. The molecule has 2 rings (SSSR count). The van der Waals surface area contributed by atoms with Crippen LogP contribution in [-0.4, -0.2) is 31.3 Å². The first kappa shape index (κ1) is 19.5.